The van der Waals surface area contributed by atoms with Gasteiger partial charge >= 0.3 is 0 Å². The Morgan fingerprint density at radius 3 is 2.94 bits per heavy atom. The minimum absolute atomic E-state index is 0.0177. The molecule has 2 N–H and O–H groups in total. The van der Waals surface area contributed by atoms with Crippen molar-refractivity contribution in [2.75, 3.05) is 13.7 Å². The Morgan fingerprint density at radius 1 is 1.59 bits per heavy atom. The van der Waals surface area contributed by atoms with Crippen molar-refractivity contribution in [2.24, 2.45) is 4.99 Å². The van der Waals surface area contributed by atoms with Crippen LogP contribution in [-0.2, 0) is 0 Å². The summed E-state index contributed by atoms with van der Waals surface area (Å²) in [5, 5.41) is 12.8. The monoisotopic (exact) mass is 250 g/mol. The number of aliphatic hydroxyl groups is 1. The molecule has 0 amide bonds. The molecule has 0 atom stereocenters. The Kier molecular flexibility index (Phi) is 5.46. The molecule has 90 valence electrons. The molecule has 0 aliphatic rings. The average Bonchev–Trinajstić information content (AvgIpc) is 2.27. The topological polar surface area (TPSA) is 44.6 Å². The van der Waals surface area contributed by atoms with Gasteiger partial charge in [0.25, 0.3) is 0 Å². The summed E-state index contributed by atoms with van der Waals surface area (Å²) in [5.41, 5.74) is 1.64. The molecular formula is C13H15ClN2O. The predicted octanol–water partition coefficient (Wildman–Crippen LogP) is 3.04. The zero-order valence-corrected chi connectivity index (χ0v) is 10.4. The zero-order valence-electron chi connectivity index (χ0n) is 9.65. The van der Waals surface area contributed by atoms with Gasteiger partial charge in [-0.3, -0.25) is 4.99 Å². The molecule has 0 saturated heterocycles. The molecule has 0 heterocycles. The van der Waals surface area contributed by atoms with E-state index in [4.69, 9.17) is 11.6 Å². The number of nitrogens with zero attached hydrogens (tertiary/aromatic N) is 1. The third-order valence-corrected chi connectivity index (χ3v) is 2.19. The van der Waals surface area contributed by atoms with E-state index in [-0.39, 0.29) is 5.76 Å². The van der Waals surface area contributed by atoms with Gasteiger partial charge in [-0.2, -0.15) is 0 Å². The first-order chi connectivity index (χ1) is 8.13. The van der Waals surface area contributed by atoms with Crippen LogP contribution in [0.3, 0.4) is 0 Å². The molecule has 0 unspecified atom stereocenters. The van der Waals surface area contributed by atoms with Gasteiger partial charge in [-0.1, -0.05) is 30.3 Å². The Labute approximate surface area is 106 Å². The number of hydrogen-bond donors (Lipinski definition) is 2. The first-order valence-corrected chi connectivity index (χ1v) is 5.51. The Balaban J connectivity index is 3.02. The number of allylic oxidation sites excluding steroid dienone is 2. The van der Waals surface area contributed by atoms with E-state index in [0.717, 1.165) is 11.1 Å². The van der Waals surface area contributed by atoms with E-state index in [9.17, 15) is 5.11 Å². The van der Waals surface area contributed by atoms with E-state index in [0.29, 0.717) is 11.7 Å². The van der Waals surface area contributed by atoms with Crippen LogP contribution in [0.25, 0.3) is 5.57 Å². The van der Waals surface area contributed by atoms with Crippen LogP contribution in [0.5, 0.6) is 0 Å². The highest BCUT2D eigenvalue weighted by atomic mass is 35.5. The molecule has 0 radical (unpaired) electrons. The molecule has 3 nitrogen and oxygen atoms in total. The lowest BCUT2D eigenvalue weighted by molar-refractivity contribution is 0.436. The summed E-state index contributed by atoms with van der Waals surface area (Å²) in [6.45, 7) is 3.95. The molecule has 0 aromatic heterocycles. The van der Waals surface area contributed by atoms with Crippen LogP contribution in [0, 0.1) is 0 Å². The Bertz CT molecular complexity index is 452. The molecular weight excluding hydrogens is 236 g/mol. The van der Waals surface area contributed by atoms with Crippen LogP contribution in [0.4, 0.5) is 0 Å². The van der Waals surface area contributed by atoms with Crippen molar-refractivity contribution < 1.29 is 5.11 Å². The number of benzene rings is 1. The summed E-state index contributed by atoms with van der Waals surface area (Å²) in [6, 6.07) is 7.34. The lowest BCUT2D eigenvalue weighted by Gasteiger charge is -2.03. The number of rotatable bonds is 5. The summed E-state index contributed by atoms with van der Waals surface area (Å²) in [6.07, 6.45) is 3.22. The summed E-state index contributed by atoms with van der Waals surface area (Å²) in [7, 11) is 1.81. The first-order valence-electron chi connectivity index (χ1n) is 5.13. The fourth-order valence-electron chi connectivity index (χ4n) is 1.28. The highest BCUT2D eigenvalue weighted by Crippen LogP contribution is 2.18. The Morgan fingerprint density at radius 2 is 2.35 bits per heavy atom. The molecule has 17 heavy (non-hydrogen) atoms. The van der Waals surface area contributed by atoms with Gasteiger partial charge < -0.3 is 10.4 Å². The summed E-state index contributed by atoms with van der Waals surface area (Å²) >= 11 is 5.92. The maximum atomic E-state index is 9.23. The van der Waals surface area contributed by atoms with Crippen molar-refractivity contribution in [1.82, 2.24) is 5.32 Å². The number of nitrogens with one attached hydrogen (secondary N) is 1. The smallest absolute Gasteiger partial charge is 0.109 e. The highest BCUT2D eigenvalue weighted by molar-refractivity contribution is 6.31. The summed E-state index contributed by atoms with van der Waals surface area (Å²) in [4.78, 5) is 4.15. The fraction of sp³-hybridized carbons (Fsp3) is 0.154. The van der Waals surface area contributed by atoms with Crippen molar-refractivity contribution >= 4 is 23.4 Å². The molecule has 0 aliphatic heterocycles. The predicted molar refractivity (Wildman–Crippen MR) is 73.6 cm³/mol. The van der Waals surface area contributed by atoms with Crippen LogP contribution in [0.2, 0.25) is 5.02 Å². The van der Waals surface area contributed by atoms with E-state index < -0.39 is 0 Å². The second kappa shape index (κ2) is 6.89. The van der Waals surface area contributed by atoms with Crippen LogP contribution < -0.4 is 5.32 Å². The van der Waals surface area contributed by atoms with Crippen LogP contribution >= 0.6 is 11.6 Å². The summed E-state index contributed by atoms with van der Waals surface area (Å²) in [5.74, 6) is -0.0177. The van der Waals surface area contributed by atoms with Crippen LogP contribution in [0.1, 0.15) is 5.56 Å². The van der Waals surface area contributed by atoms with Gasteiger partial charge in [0.05, 0.1) is 6.67 Å². The quantitative estimate of drug-likeness (QED) is 0.479. The second-order valence-corrected chi connectivity index (χ2v) is 3.86. The number of aliphatic imine (C=N–C) groups is 1. The van der Waals surface area contributed by atoms with Gasteiger partial charge in [-0.25, -0.2) is 0 Å². The molecule has 0 fully saturated rings. The van der Waals surface area contributed by atoms with E-state index in [1.54, 1.807) is 18.4 Å². The molecule has 1 aromatic carbocycles. The maximum absolute atomic E-state index is 9.23. The van der Waals surface area contributed by atoms with E-state index in [1.165, 1.54) is 0 Å². The highest BCUT2D eigenvalue weighted by Gasteiger charge is 2.00. The average molecular weight is 251 g/mol. The molecule has 0 bridgehead atoms. The van der Waals surface area contributed by atoms with E-state index in [1.807, 2.05) is 25.2 Å². The van der Waals surface area contributed by atoms with Gasteiger partial charge in [-0.05, 0) is 30.8 Å². The van der Waals surface area contributed by atoms with E-state index in [2.05, 4.69) is 16.9 Å². The van der Waals surface area contributed by atoms with Crippen molar-refractivity contribution in [3.05, 3.63) is 53.3 Å². The number of hydrogen-bond acceptors (Lipinski definition) is 3. The normalized spacial score (nSPS) is 12.0. The third-order valence-electron chi connectivity index (χ3n) is 1.96. The molecule has 0 aliphatic carbocycles. The first kappa shape index (κ1) is 13.5. The third kappa shape index (κ3) is 4.85. The minimum Gasteiger partial charge on any atom is -0.509 e. The van der Waals surface area contributed by atoms with Gasteiger partial charge in [-0.15, -0.1) is 0 Å². The summed E-state index contributed by atoms with van der Waals surface area (Å²) < 4.78 is 0. The number of halogens is 1. The van der Waals surface area contributed by atoms with Crippen molar-refractivity contribution in [2.45, 2.75) is 0 Å². The molecule has 1 rings (SSSR count). The molecule has 4 heteroatoms. The Hall–Kier alpha value is -1.58. The van der Waals surface area contributed by atoms with Gasteiger partial charge in [0.2, 0.25) is 0 Å². The van der Waals surface area contributed by atoms with Gasteiger partial charge in [0, 0.05) is 16.8 Å². The zero-order chi connectivity index (χ0) is 12.7. The fourth-order valence-corrected chi connectivity index (χ4v) is 1.47. The lowest BCUT2D eigenvalue weighted by Crippen LogP contribution is -2.05. The van der Waals surface area contributed by atoms with Gasteiger partial charge in [0.1, 0.15) is 5.76 Å². The molecule has 0 saturated carbocycles. The lowest BCUT2D eigenvalue weighted by atomic mass is 10.1. The minimum atomic E-state index is -0.0177. The SMILES string of the molecule is C=C(O)/C=C(\C=N/CNC)c1cccc(Cl)c1. The van der Waals surface area contributed by atoms with Crippen molar-refractivity contribution in [3.8, 4) is 0 Å². The van der Waals surface area contributed by atoms with Gasteiger partial charge in [0.15, 0.2) is 0 Å². The molecule has 0 spiro atoms. The largest absolute Gasteiger partial charge is 0.509 e. The molecule has 1 aromatic rings. The van der Waals surface area contributed by atoms with Crippen molar-refractivity contribution in [1.29, 1.82) is 0 Å². The van der Waals surface area contributed by atoms with Crippen LogP contribution in [0.15, 0.2) is 47.7 Å². The second-order valence-electron chi connectivity index (χ2n) is 3.42. The van der Waals surface area contributed by atoms with Crippen LogP contribution in [-0.4, -0.2) is 25.0 Å². The standard InChI is InChI=1S/C13H15ClN2O/c1-10(17)6-12(8-16-9-15-2)11-4-3-5-13(14)7-11/h3-8,15,17H,1,9H2,2H3/b12-6+,16-8-. The maximum Gasteiger partial charge on any atom is 0.109 e. The van der Waals surface area contributed by atoms with Crippen molar-refractivity contribution in [3.63, 3.8) is 0 Å². The number of aliphatic hydroxyl groups excluding tert-OH is 1. The van der Waals surface area contributed by atoms with E-state index >= 15 is 0 Å².